The molecule has 0 amide bonds. The zero-order chi connectivity index (χ0) is 9.76. The van der Waals surface area contributed by atoms with Gasteiger partial charge in [-0.1, -0.05) is 13.8 Å². The molecule has 4 nitrogen and oxygen atoms in total. The molecule has 0 aromatic carbocycles. The fourth-order valence-electron chi connectivity index (χ4n) is 2.52. The van der Waals surface area contributed by atoms with Crippen molar-refractivity contribution in [1.29, 1.82) is 0 Å². The SMILES string of the molecule is CCC1(CC)O[C@H]2[C@@H]3OC[C@@H](O3)[C@H]2O1. The molecule has 3 fully saturated rings. The number of ether oxygens (including phenoxy) is 4. The van der Waals surface area contributed by atoms with Crippen LogP contribution in [0.2, 0.25) is 0 Å². The first-order valence-electron chi connectivity index (χ1n) is 5.41. The van der Waals surface area contributed by atoms with Crippen LogP contribution in [-0.4, -0.2) is 37.0 Å². The highest BCUT2D eigenvalue weighted by Gasteiger charge is 2.60. The summed E-state index contributed by atoms with van der Waals surface area (Å²) in [6.45, 7) is 4.83. The van der Waals surface area contributed by atoms with Crippen molar-refractivity contribution in [1.82, 2.24) is 0 Å². The lowest BCUT2D eigenvalue weighted by Gasteiger charge is -2.26. The molecular weight excluding hydrogens is 184 g/mol. The molecule has 80 valence electrons. The zero-order valence-corrected chi connectivity index (χ0v) is 8.56. The van der Waals surface area contributed by atoms with Crippen molar-refractivity contribution in [3.8, 4) is 0 Å². The predicted octanol–water partition coefficient (Wildman–Crippen LogP) is 1.04. The number of hydrogen-bond acceptors (Lipinski definition) is 4. The van der Waals surface area contributed by atoms with Crippen molar-refractivity contribution in [2.24, 2.45) is 0 Å². The molecule has 4 heteroatoms. The monoisotopic (exact) mass is 200 g/mol. The van der Waals surface area contributed by atoms with E-state index in [-0.39, 0.29) is 30.4 Å². The second-order valence-corrected chi connectivity index (χ2v) is 4.16. The van der Waals surface area contributed by atoms with E-state index in [1.54, 1.807) is 0 Å². The van der Waals surface area contributed by atoms with Crippen LogP contribution in [0.15, 0.2) is 0 Å². The maximum atomic E-state index is 5.98. The highest BCUT2D eigenvalue weighted by atomic mass is 16.8. The minimum Gasteiger partial charge on any atom is -0.347 e. The molecule has 4 atom stereocenters. The van der Waals surface area contributed by atoms with Crippen molar-refractivity contribution in [2.75, 3.05) is 6.61 Å². The van der Waals surface area contributed by atoms with Gasteiger partial charge < -0.3 is 18.9 Å². The van der Waals surface area contributed by atoms with Gasteiger partial charge in [0.25, 0.3) is 0 Å². The lowest BCUT2D eigenvalue weighted by Crippen LogP contribution is -2.37. The van der Waals surface area contributed by atoms with Crippen molar-refractivity contribution in [3.05, 3.63) is 0 Å². The van der Waals surface area contributed by atoms with E-state index in [4.69, 9.17) is 18.9 Å². The third-order valence-electron chi connectivity index (χ3n) is 3.47. The average molecular weight is 200 g/mol. The third kappa shape index (κ3) is 1.03. The molecule has 2 bridgehead atoms. The van der Waals surface area contributed by atoms with E-state index in [0.29, 0.717) is 6.61 Å². The molecular formula is C10H16O4. The molecule has 3 heterocycles. The minimum atomic E-state index is -0.386. The second-order valence-electron chi connectivity index (χ2n) is 4.16. The topological polar surface area (TPSA) is 36.9 Å². The number of rotatable bonds is 2. The van der Waals surface area contributed by atoms with Gasteiger partial charge in [0.05, 0.1) is 6.61 Å². The summed E-state index contributed by atoms with van der Waals surface area (Å²) in [7, 11) is 0. The molecule has 0 aromatic rings. The Kier molecular flexibility index (Phi) is 1.89. The standard InChI is InChI=1S/C10H16O4/c1-3-10(4-2)13-7-6-5-11-9(12-6)8(7)14-10/h6-9H,3-5H2,1-2H3/t6-,7-,8-,9-/m1/s1. The lowest BCUT2D eigenvalue weighted by atomic mass is 10.1. The van der Waals surface area contributed by atoms with Crippen LogP contribution in [0.1, 0.15) is 26.7 Å². The maximum Gasteiger partial charge on any atom is 0.187 e. The van der Waals surface area contributed by atoms with Crippen LogP contribution in [0, 0.1) is 0 Å². The molecule has 3 rings (SSSR count). The van der Waals surface area contributed by atoms with Gasteiger partial charge in [-0.25, -0.2) is 0 Å². The molecule has 0 spiro atoms. The van der Waals surface area contributed by atoms with Gasteiger partial charge in [-0.2, -0.15) is 0 Å². The Morgan fingerprint density at radius 2 is 1.86 bits per heavy atom. The van der Waals surface area contributed by atoms with E-state index in [1.807, 2.05) is 0 Å². The van der Waals surface area contributed by atoms with Gasteiger partial charge in [0.15, 0.2) is 12.1 Å². The first-order chi connectivity index (χ1) is 6.78. The summed E-state index contributed by atoms with van der Waals surface area (Å²) in [5.41, 5.74) is 0. The summed E-state index contributed by atoms with van der Waals surface area (Å²) in [6, 6.07) is 0. The average Bonchev–Trinajstić information content (AvgIpc) is 2.88. The van der Waals surface area contributed by atoms with Crippen LogP contribution in [0.3, 0.4) is 0 Å². The summed E-state index contributed by atoms with van der Waals surface area (Å²) < 4.78 is 22.9. The Morgan fingerprint density at radius 1 is 1.14 bits per heavy atom. The summed E-state index contributed by atoms with van der Waals surface area (Å²) in [5, 5.41) is 0. The van der Waals surface area contributed by atoms with E-state index >= 15 is 0 Å². The van der Waals surface area contributed by atoms with E-state index in [0.717, 1.165) is 12.8 Å². The molecule has 3 saturated heterocycles. The Hall–Kier alpha value is -0.160. The summed E-state index contributed by atoms with van der Waals surface area (Å²) in [5.74, 6) is -0.386. The lowest BCUT2D eigenvalue weighted by molar-refractivity contribution is -0.216. The molecule has 14 heavy (non-hydrogen) atoms. The van der Waals surface area contributed by atoms with Gasteiger partial charge in [-0.15, -0.1) is 0 Å². The quantitative estimate of drug-likeness (QED) is 0.667. The van der Waals surface area contributed by atoms with Gasteiger partial charge in [-0.05, 0) is 12.8 Å². The molecule has 3 aliphatic rings. The Balaban J connectivity index is 1.81. The highest BCUT2D eigenvalue weighted by molar-refractivity contribution is 4.99. The largest absolute Gasteiger partial charge is 0.347 e. The van der Waals surface area contributed by atoms with Gasteiger partial charge in [0.2, 0.25) is 0 Å². The number of hydrogen-bond donors (Lipinski definition) is 0. The second kappa shape index (κ2) is 2.92. The molecule has 0 aliphatic carbocycles. The molecule has 0 unspecified atom stereocenters. The Labute approximate surface area is 83.5 Å². The van der Waals surface area contributed by atoms with E-state index in [2.05, 4.69) is 13.8 Å². The smallest absolute Gasteiger partial charge is 0.187 e. The highest BCUT2D eigenvalue weighted by Crippen LogP contribution is 2.45. The predicted molar refractivity (Wildman–Crippen MR) is 47.7 cm³/mol. The first kappa shape index (κ1) is 9.09. The van der Waals surface area contributed by atoms with E-state index in [9.17, 15) is 0 Å². The molecule has 0 radical (unpaired) electrons. The van der Waals surface area contributed by atoms with Crippen LogP contribution >= 0.6 is 0 Å². The summed E-state index contributed by atoms with van der Waals surface area (Å²) in [6.07, 6.45) is 1.75. The fourth-order valence-corrected chi connectivity index (χ4v) is 2.52. The zero-order valence-electron chi connectivity index (χ0n) is 8.56. The summed E-state index contributed by atoms with van der Waals surface area (Å²) in [4.78, 5) is 0. The van der Waals surface area contributed by atoms with Crippen LogP contribution < -0.4 is 0 Å². The molecule has 0 saturated carbocycles. The summed E-state index contributed by atoms with van der Waals surface area (Å²) >= 11 is 0. The van der Waals surface area contributed by atoms with Gasteiger partial charge in [-0.3, -0.25) is 0 Å². The van der Waals surface area contributed by atoms with Gasteiger partial charge in [0.1, 0.15) is 18.3 Å². The minimum absolute atomic E-state index is 0.00588. The van der Waals surface area contributed by atoms with Crippen LogP contribution in [0.5, 0.6) is 0 Å². The Bertz CT molecular complexity index is 218. The maximum absolute atomic E-state index is 5.98. The first-order valence-corrected chi connectivity index (χ1v) is 5.41. The van der Waals surface area contributed by atoms with Crippen LogP contribution in [0.4, 0.5) is 0 Å². The third-order valence-corrected chi connectivity index (χ3v) is 3.47. The van der Waals surface area contributed by atoms with E-state index in [1.165, 1.54) is 0 Å². The van der Waals surface area contributed by atoms with E-state index < -0.39 is 0 Å². The molecule has 0 aromatic heterocycles. The van der Waals surface area contributed by atoms with Gasteiger partial charge in [0, 0.05) is 0 Å². The normalized spacial score (nSPS) is 48.4. The Morgan fingerprint density at radius 3 is 2.50 bits per heavy atom. The van der Waals surface area contributed by atoms with Gasteiger partial charge >= 0.3 is 0 Å². The molecule has 3 aliphatic heterocycles. The van der Waals surface area contributed by atoms with Crippen molar-refractivity contribution in [2.45, 2.75) is 57.1 Å². The number of fused-ring (bicyclic) bond motifs is 5. The van der Waals surface area contributed by atoms with Crippen molar-refractivity contribution < 1.29 is 18.9 Å². The molecule has 0 N–H and O–H groups in total. The van der Waals surface area contributed by atoms with Crippen molar-refractivity contribution >= 4 is 0 Å². The van der Waals surface area contributed by atoms with Crippen molar-refractivity contribution in [3.63, 3.8) is 0 Å². The van der Waals surface area contributed by atoms with Crippen LogP contribution in [-0.2, 0) is 18.9 Å². The fraction of sp³-hybridized carbons (Fsp3) is 1.00. The van der Waals surface area contributed by atoms with Crippen LogP contribution in [0.25, 0.3) is 0 Å².